The zero-order valence-corrected chi connectivity index (χ0v) is 21.2. The van der Waals surface area contributed by atoms with Gasteiger partial charge in [0.15, 0.2) is 6.61 Å². The molecule has 1 heterocycles. The molecular weight excluding hydrogens is 452 g/mol. The van der Waals surface area contributed by atoms with Gasteiger partial charge in [-0.2, -0.15) is 0 Å². The molecule has 3 aromatic carbocycles. The summed E-state index contributed by atoms with van der Waals surface area (Å²) >= 11 is 0. The van der Waals surface area contributed by atoms with Crippen LogP contribution in [0.2, 0.25) is 0 Å². The first-order valence-electron chi connectivity index (χ1n) is 12.1. The molecule has 0 aliphatic carbocycles. The highest BCUT2D eigenvalue weighted by Gasteiger charge is 2.15. The Morgan fingerprint density at radius 1 is 0.972 bits per heavy atom. The number of carboxylic acid groups (broad SMARTS) is 1. The monoisotopic (exact) mass is 484 g/mol. The van der Waals surface area contributed by atoms with Crippen LogP contribution in [0.15, 0.2) is 66.7 Å². The van der Waals surface area contributed by atoms with Crippen molar-refractivity contribution < 1.29 is 19.4 Å². The molecule has 186 valence electrons. The van der Waals surface area contributed by atoms with Crippen LogP contribution in [0.4, 0.5) is 0 Å². The summed E-state index contributed by atoms with van der Waals surface area (Å²) in [5.74, 6) is -0.120. The van der Waals surface area contributed by atoms with Gasteiger partial charge in [0.05, 0.1) is 0 Å². The number of hydrogen-bond donors (Lipinski definition) is 2. The van der Waals surface area contributed by atoms with Crippen LogP contribution in [-0.4, -0.2) is 28.2 Å². The number of rotatable bonds is 9. The van der Waals surface area contributed by atoms with E-state index in [1.54, 1.807) is 12.1 Å². The fourth-order valence-electron chi connectivity index (χ4n) is 4.36. The van der Waals surface area contributed by atoms with Crippen molar-refractivity contribution >= 4 is 22.8 Å². The molecule has 0 aliphatic rings. The fourth-order valence-corrected chi connectivity index (χ4v) is 4.36. The number of aromatic nitrogens is 1. The topological polar surface area (TPSA) is 80.6 Å². The van der Waals surface area contributed by atoms with Gasteiger partial charge in [-0.1, -0.05) is 50.2 Å². The summed E-state index contributed by atoms with van der Waals surface area (Å²) in [4.78, 5) is 23.6. The molecule has 2 N–H and O–H groups in total. The Balaban J connectivity index is 1.50. The third-order valence-electron chi connectivity index (χ3n) is 6.60. The third-order valence-corrected chi connectivity index (χ3v) is 6.60. The lowest BCUT2D eigenvalue weighted by atomic mass is 10.0. The first kappa shape index (κ1) is 25.0. The standard InChI is InChI=1S/C30H32N2O4/c1-19(2)24-7-5-6-23(14-24)16-31-30(35)25-10-13-28-27(15-25)20(3)21(4)32(28)17-22-8-11-26(12-9-22)36-18-29(33)34/h5-15,19H,16-18H2,1-4H3,(H,31,35)(H,33,34). The highest BCUT2D eigenvalue weighted by Crippen LogP contribution is 2.28. The molecule has 6 heteroatoms. The summed E-state index contributed by atoms with van der Waals surface area (Å²) in [6.45, 7) is 9.28. The van der Waals surface area contributed by atoms with Crippen LogP contribution in [0.3, 0.4) is 0 Å². The number of hydrogen-bond acceptors (Lipinski definition) is 3. The van der Waals surface area contributed by atoms with Gasteiger partial charge in [0.25, 0.3) is 5.91 Å². The minimum absolute atomic E-state index is 0.0893. The Morgan fingerprint density at radius 3 is 2.42 bits per heavy atom. The van der Waals surface area contributed by atoms with E-state index in [0.29, 0.717) is 30.3 Å². The number of carbonyl (C=O) groups is 2. The molecule has 6 nitrogen and oxygen atoms in total. The van der Waals surface area contributed by atoms with Crippen LogP contribution < -0.4 is 10.1 Å². The van der Waals surface area contributed by atoms with Crippen molar-refractivity contribution in [1.29, 1.82) is 0 Å². The van der Waals surface area contributed by atoms with Gasteiger partial charge < -0.3 is 19.7 Å². The van der Waals surface area contributed by atoms with Crippen LogP contribution >= 0.6 is 0 Å². The summed E-state index contributed by atoms with van der Waals surface area (Å²) in [7, 11) is 0. The maximum atomic E-state index is 12.9. The quantitative estimate of drug-likeness (QED) is 0.314. The SMILES string of the molecule is Cc1c(C)n(Cc2ccc(OCC(=O)O)cc2)c2ccc(C(=O)NCc3cccc(C(C)C)c3)cc12. The molecule has 0 saturated carbocycles. The average Bonchev–Trinajstić information content (AvgIpc) is 3.11. The van der Waals surface area contributed by atoms with Crippen LogP contribution in [0.1, 0.15) is 58.1 Å². The van der Waals surface area contributed by atoms with Crippen molar-refractivity contribution in [3.8, 4) is 5.75 Å². The summed E-state index contributed by atoms with van der Waals surface area (Å²) < 4.78 is 7.46. The lowest BCUT2D eigenvalue weighted by Gasteiger charge is -2.11. The number of amides is 1. The number of carbonyl (C=O) groups excluding carboxylic acids is 1. The molecule has 4 aromatic rings. The lowest BCUT2D eigenvalue weighted by Crippen LogP contribution is -2.22. The van der Waals surface area contributed by atoms with Crippen LogP contribution in [0.25, 0.3) is 10.9 Å². The van der Waals surface area contributed by atoms with Crippen molar-refractivity contribution in [3.05, 3.63) is 100 Å². The van der Waals surface area contributed by atoms with Gasteiger partial charge in [-0.05, 0) is 72.4 Å². The molecule has 0 unspecified atom stereocenters. The van der Waals surface area contributed by atoms with E-state index in [4.69, 9.17) is 9.84 Å². The molecule has 0 radical (unpaired) electrons. The Hall–Kier alpha value is -4.06. The van der Waals surface area contributed by atoms with Gasteiger partial charge in [-0.15, -0.1) is 0 Å². The van der Waals surface area contributed by atoms with Crippen molar-refractivity contribution in [3.63, 3.8) is 0 Å². The third kappa shape index (κ3) is 5.60. The normalized spacial score (nSPS) is 11.1. The number of nitrogens with one attached hydrogen (secondary N) is 1. The van der Waals surface area contributed by atoms with Crippen molar-refractivity contribution in [2.75, 3.05) is 6.61 Å². The Labute approximate surface area is 211 Å². The molecule has 36 heavy (non-hydrogen) atoms. The predicted octanol–water partition coefficient (Wildman–Crippen LogP) is 5.82. The van der Waals surface area contributed by atoms with Crippen molar-refractivity contribution in [2.45, 2.75) is 46.7 Å². The summed E-state index contributed by atoms with van der Waals surface area (Å²) in [5, 5.41) is 12.9. The molecule has 4 rings (SSSR count). The van der Waals surface area contributed by atoms with E-state index >= 15 is 0 Å². The first-order chi connectivity index (χ1) is 17.2. The Bertz CT molecular complexity index is 1400. The zero-order valence-electron chi connectivity index (χ0n) is 21.2. The molecule has 1 aromatic heterocycles. The second-order valence-corrected chi connectivity index (χ2v) is 9.44. The van der Waals surface area contributed by atoms with Gasteiger partial charge in [0, 0.05) is 35.2 Å². The number of carboxylic acids is 1. The van der Waals surface area contributed by atoms with Gasteiger partial charge in [0.2, 0.25) is 0 Å². The number of benzene rings is 3. The van der Waals surface area contributed by atoms with Gasteiger partial charge in [-0.3, -0.25) is 4.79 Å². The molecule has 0 fully saturated rings. The van der Waals surface area contributed by atoms with Crippen molar-refractivity contribution in [1.82, 2.24) is 9.88 Å². The maximum absolute atomic E-state index is 12.9. The van der Waals surface area contributed by atoms with Crippen LogP contribution in [-0.2, 0) is 17.9 Å². The molecule has 0 aliphatic heterocycles. The molecular formula is C30H32N2O4. The Kier molecular flexibility index (Phi) is 7.44. The smallest absolute Gasteiger partial charge is 0.341 e. The summed E-state index contributed by atoms with van der Waals surface area (Å²) in [6, 6.07) is 21.6. The van der Waals surface area contributed by atoms with E-state index in [1.807, 2.05) is 42.5 Å². The van der Waals surface area contributed by atoms with E-state index in [-0.39, 0.29) is 12.5 Å². The zero-order chi connectivity index (χ0) is 25.8. The number of ether oxygens (including phenoxy) is 1. The van der Waals surface area contributed by atoms with Gasteiger partial charge in [0.1, 0.15) is 5.75 Å². The average molecular weight is 485 g/mol. The molecule has 0 atom stereocenters. The lowest BCUT2D eigenvalue weighted by molar-refractivity contribution is -0.139. The molecule has 0 bridgehead atoms. The van der Waals surface area contributed by atoms with E-state index in [9.17, 15) is 9.59 Å². The summed E-state index contributed by atoms with van der Waals surface area (Å²) in [6.07, 6.45) is 0. The number of fused-ring (bicyclic) bond motifs is 1. The number of aryl methyl sites for hydroxylation is 1. The minimum Gasteiger partial charge on any atom is -0.482 e. The minimum atomic E-state index is -1.00. The predicted molar refractivity (Wildman–Crippen MR) is 142 cm³/mol. The van der Waals surface area contributed by atoms with E-state index in [2.05, 4.69) is 49.7 Å². The molecule has 0 saturated heterocycles. The van der Waals surface area contributed by atoms with Crippen LogP contribution in [0, 0.1) is 13.8 Å². The maximum Gasteiger partial charge on any atom is 0.341 e. The second-order valence-electron chi connectivity index (χ2n) is 9.44. The summed E-state index contributed by atoms with van der Waals surface area (Å²) in [5.41, 5.74) is 7.42. The molecule has 1 amide bonds. The van der Waals surface area contributed by atoms with E-state index in [1.165, 1.54) is 5.56 Å². The number of nitrogens with zero attached hydrogens (tertiary/aromatic N) is 1. The van der Waals surface area contributed by atoms with E-state index < -0.39 is 5.97 Å². The van der Waals surface area contributed by atoms with E-state index in [0.717, 1.165) is 33.3 Å². The first-order valence-corrected chi connectivity index (χ1v) is 12.1. The number of aliphatic carboxylic acids is 1. The van der Waals surface area contributed by atoms with Crippen LogP contribution in [0.5, 0.6) is 5.75 Å². The highest BCUT2D eigenvalue weighted by molar-refractivity contribution is 5.99. The van der Waals surface area contributed by atoms with Gasteiger partial charge >= 0.3 is 5.97 Å². The Morgan fingerprint density at radius 2 is 1.72 bits per heavy atom. The van der Waals surface area contributed by atoms with Crippen molar-refractivity contribution in [2.24, 2.45) is 0 Å². The van der Waals surface area contributed by atoms with Gasteiger partial charge in [-0.25, -0.2) is 4.79 Å². The highest BCUT2D eigenvalue weighted by atomic mass is 16.5. The fraction of sp³-hybridized carbons (Fsp3) is 0.267. The second kappa shape index (κ2) is 10.7. The molecule has 0 spiro atoms. The largest absolute Gasteiger partial charge is 0.482 e.